The van der Waals surface area contributed by atoms with Crippen LogP contribution in [0.1, 0.15) is 25.3 Å². The van der Waals surface area contributed by atoms with Crippen LogP contribution in [0.5, 0.6) is 0 Å². The molecule has 1 aliphatic heterocycles. The van der Waals surface area contributed by atoms with Crippen LogP contribution in [0.4, 0.5) is 0 Å². The number of nitrogens with zero attached hydrogens (tertiary/aromatic N) is 1. The lowest BCUT2D eigenvalue weighted by Gasteiger charge is -2.28. The van der Waals surface area contributed by atoms with Crippen molar-refractivity contribution in [3.8, 4) is 0 Å². The van der Waals surface area contributed by atoms with Crippen molar-refractivity contribution in [3.05, 3.63) is 29.8 Å². The first-order valence-corrected chi connectivity index (χ1v) is 9.44. The second-order valence-corrected chi connectivity index (χ2v) is 7.91. The number of hydrogen-bond acceptors (Lipinski definition) is 5. The van der Waals surface area contributed by atoms with Gasteiger partial charge in [-0.05, 0) is 23.6 Å². The molecule has 2 N–H and O–H groups in total. The normalized spacial score (nSPS) is 18.3. The Kier molecular flexibility index (Phi) is 6.55. The highest BCUT2D eigenvalue weighted by atomic mass is 32.2. The molecule has 0 amide bonds. The summed E-state index contributed by atoms with van der Waals surface area (Å²) in [6, 6.07) is 6.85. The lowest BCUT2D eigenvalue weighted by atomic mass is 10.0. The molecule has 6 nitrogen and oxygen atoms in total. The van der Waals surface area contributed by atoms with Gasteiger partial charge in [0.1, 0.15) is 0 Å². The first-order valence-electron chi connectivity index (χ1n) is 7.96. The molecule has 1 fully saturated rings. The molecule has 0 saturated carbocycles. The van der Waals surface area contributed by atoms with E-state index in [1.807, 2.05) is 12.1 Å². The van der Waals surface area contributed by atoms with Crippen molar-refractivity contribution < 1.29 is 18.3 Å². The number of aliphatic hydroxyl groups is 1. The van der Waals surface area contributed by atoms with Crippen molar-refractivity contribution in [2.45, 2.75) is 30.8 Å². The third kappa shape index (κ3) is 5.54. The fraction of sp³-hybridized carbons (Fsp3) is 0.625. The van der Waals surface area contributed by atoms with Crippen LogP contribution in [0.2, 0.25) is 0 Å². The topological polar surface area (TPSA) is 78.9 Å². The Bertz CT molecular complexity index is 581. The third-order valence-corrected chi connectivity index (χ3v) is 5.38. The molecule has 1 unspecified atom stereocenters. The molecule has 1 aromatic rings. The Hall–Kier alpha value is -0.990. The molecule has 0 radical (unpaired) electrons. The average Bonchev–Trinajstić information content (AvgIpc) is 2.54. The van der Waals surface area contributed by atoms with Gasteiger partial charge in [0.05, 0.1) is 24.2 Å². The maximum atomic E-state index is 12.3. The minimum atomic E-state index is -3.59. The molecule has 7 heteroatoms. The van der Waals surface area contributed by atoms with Crippen LogP contribution in [-0.2, 0) is 14.8 Å². The van der Waals surface area contributed by atoms with Gasteiger partial charge >= 0.3 is 0 Å². The Morgan fingerprint density at radius 2 is 1.83 bits per heavy atom. The molecular formula is C16H26N2O4S. The summed E-state index contributed by atoms with van der Waals surface area (Å²) in [7, 11) is -3.59. The maximum Gasteiger partial charge on any atom is 0.240 e. The van der Waals surface area contributed by atoms with Crippen molar-refractivity contribution >= 4 is 10.0 Å². The molecule has 23 heavy (non-hydrogen) atoms. The van der Waals surface area contributed by atoms with Gasteiger partial charge in [0.2, 0.25) is 10.0 Å². The first kappa shape index (κ1) is 18.4. The highest BCUT2D eigenvalue weighted by Crippen LogP contribution is 2.17. The molecule has 0 bridgehead atoms. The third-order valence-electron chi connectivity index (χ3n) is 3.94. The number of sulfonamides is 1. The van der Waals surface area contributed by atoms with Crippen molar-refractivity contribution in [1.29, 1.82) is 0 Å². The van der Waals surface area contributed by atoms with Gasteiger partial charge in [-0.15, -0.1) is 0 Å². The minimum Gasteiger partial charge on any atom is -0.390 e. The first-order chi connectivity index (χ1) is 10.9. The maximum absolute atomic E-state index is 12.3. The molecule has 1 heterocycles. The van der Waals surface area contributed by atoms with Crippen molar-refractivity contribution in [1.82, 2.24) is 9.62 Å². The molecule has 1 saturated heterocycles. The van der Waals surface area contributed by atoms with Gasteiger partial charge in [-0.25, -0.2) is 13.1 Å². The van der Waals surface area contributed by atoms with Gasteiger partial charge in [-0.3, -0.25) is 4.90 Å². The smallest absolute Gasteiger partial charge is 0.240 e. The quantitative estimate of drug-likeness (QED) is 0.766. The Labute approximate surface area is 138 Å². The number of aliphatic hydroxyl groups excluding tert-OH is 1. The summed E-state index contributed by atoms with van der Waals surface area (Å²) in [5.74, 6) is 0.357. The molecule has 2 rings (SSSR count). The predicted molar refractivity (Wildman–Crippen MR) is 89.0 cm³/mol. The number of hydrogen-bond donors (Lipinski definition) is 2. The Morgan fingerprint density at radius 1 is 1.22 bits per heavy atom. The molecule has 1 aliphatic rings. The predicted octanol–water partition coefficient (Wildman–Crippen LogP) is 0.781. The fourth-order valence-corrected chi connectivity index (χ4v) is 3.54. The van der Waals surface area contributed by atoms with E-state index in [4.69, 9.17) is 4.74 Å². The highest BCUT2D eigenvalue weighted by molar-refractivity contribution is 7.89. The monoisotopic (exact) mass is 342 g/mol. The highest BCUT2D eigenvalue weighted by Gasteiger charge is 2.19. The van der Waals surface area contributed by atoms with E-state index in [2.05, 4.69) is 23.5 Å². The van der Waals surface area contributed by atoms with Gasteiger partial charge in [0.25, 0.3) is 0 Å². The number of morpholine rings is 1. The van der Waals surface area contributed by atoms with Crippen LogP contribution in [0.3, 0.4) is 0 Å². The van der Waals surface area contributed by atoms with Crippen LogP contribution in [0.15, 0.2) is 29.2 Å². The lowest BCUT2D eigenvalue weighted by molar-refractivity contribution is 0.0158. The van der Waals surface area contributed by atoms with Crippen LogP contribution in [-0.4, -0.2) is 63.9 Å². The van der Waals surface area contributed by atoms with E-state index < -0.39 is 16.1 Å². The van der Waals surface area contributed by atoms with Gasteiger partial charge in [0.15, 0.2) is 0 Å². The van der Waals surface area contributed by atoms with Crippen LogP contribution in [0, 0.1) is 0 Å². The largest absolute Gasteiger partial charge is 0.390 e. The molecule has 1 atom stereocenters. The summed E-state index contributed by atoms with van der Waals surface area (Å²) in [6.45, 7) is 7.40. The summed E-state index contributed by atoms with van der Waals surface area (Å²) in [5, 5.41) is 10.0. The number of β-amino-alcohol motifs (C(OH)–C–C–N with tert-alkyl or cyclic N) is 1. The van der Waals surface area contributed by atoms with E-state index in [1.165, 1.54) is 0 Å². The zero-order valence-electron chi connectivity index (χ0n) is 13.7. The van der Waals surface area contributed by atoms with Crippen molar-refractivity contribution in [2.75, 3.05) is 39.4 Å². The second-order valence-electron chi connectivity index (χ2n) is 6.14. The number of rotatable bonds is 7. The zero-order valence-corrected chi connectivity index (χ0v) is 14.6. The van der Waals surface area contributed by atoms with E-state index >= 15 is 0 Å². The summed E-state index contributed by atoms with van der Waals surface area (Å²) < 4.78 is 32.2. The van der Waals surface area contributed by atoms with Crippen LogP contribution in [0.25, 0.3) is 0 Å². The summed E-state index contributed by atoms with van der Waals surface area (Å²) >= 11 is 0. The van der Waals surface area contributed by atoms with Crippen LogP contribution >= 0.6 is 0 Å². The van der Waals surface area contributed by atoms with E-state index in [-0.39, 0.29) is 11.4 Å². The Morgan fingerprint density at radius 3 is 2.39 bits per heavy atom. The number of benzene rings is 1. The van der Waals surface area contributed by atoms with Crippen molar-refractivity contribution in [3.63, 3.8) is 0 Å². The summed E-state index contributed by atoms with van der Waals surface area (Å²) in [5.41, 5.74) is 1.09. The van der Waals surface area contributed by atoms with Gasteiger partial charge in [0, 0.05) is 26.2 Å². The number of nitrogens with one attached hydrogen (secondary N) is 1. The van der Waals surface area contributed by atoms with Gasteiger partial charge in [-0.2, -0.15) is 0 Å². The van der Waals surface area contributed by atoms with E-state index in [1.54, 1.807) is 12.1 Å². The van der Waals surface area contributed by atoms with Crippen LogP contribution < -0.4 is 4.72 Å². The molecule has 1 aromatic carbocycles. The molecule has 0 spiro atoms. The zero-order chi connectivity index (χ0) is 16.9. The Balaban J connectivity index is 1.87. The average molecular weight is 342 g/mol. The summed E-state index contributed by atoms with van der Waals surface area (Å²) in [4.78, 5) is 2.29. The van der Waals surface area contributed by atoms with Crippen molar-refractivity contribution in [2.24, 2.45) is 0 Å². The SMILES string of the molecule is CC(C)c1ccc(S(=O)(=O)NCC(O)CN2CCOCC2)cc1. The minimum absolute atomic E-state index is 0.00558. The van der Waals surface area contributed by atoms with E-state index in [9.17, 15) is 13.5 Å². The number of ether oxygens (including phenoxy) is 1. The van der Waals surface area contributed by atoms with E-state index in [0.29, 0.717) is 25.7 Å². The molecule has 130 valence electrons. The standard InChI is InChI=1S/C16H26N2O4S/c1-13(2)14-3-5-16(6-4-14)23(20,21)17-11-15(19)12-18-7-9-22-10-8-18/h3-6,13,15,17,19H,7-12H2,1-2H3. The molecule has 0 aromatic heterocycles. The lowest BCUT2D eigenvalue weighted by Crippen LogP contribution is -2.44. The van der Waals surface area contributed by atoms with Gasteiger partial charge in [-0.1, -0.05) is 26.0 Å². The molecule has 0 aliphatic carbocycles. The van der Waals surface area contributed by atoms with E-state index in [0.717, 1.165) is 18.7 Å². The second kappa shape index (κ2) is 8.21. The molecular weight excluding hydrogens is 316 g/mol. The fourth-order valence-electron chi connectivity index (χ4n) is 2.47. The van der Waals surface area contributed by atoms with Gasteiger partial charge < -0.3 is 9.84 Å². The summed E-state index contributed by atoms with van der Waals surface area (Å²) in [6.07, 6.45) is -0.738.